The monoisotopic (exact) mass is 1390 g/mol. The van der Waals surface area contributed by atoms with Crippen molar-refractivity contribution in [2.45, 2.75) is 232 Å². The van der Waals surface area contributed by atoms with Crippen molar-refractivity contribution in [3.05, 3.63) is 207 Å². The number of carbonyl (C=O) groups excluding carboxylic acids is 3. The van der Waals surface area contributed by atoms with Crippen LogP contribution in [0, 0.1) is 0 Å². The molecule has 4 N–H and O–H groups in total. The van der Waals surface area contributed by atoms with Crippen LogP contribution in [0.25, 0.3) is 0 Å². The minimum absolute atomic E-state index is 0.000547. The average molecular weight is 1390 g/mol. The summed E-state index contributed by atoms with van der Waals surface area (Å²) in [6, 6.07) is 0. The van der Waals surface area contributed by atoms with Crippen LogP contribution in [0.5, 0.6) is 0 Å². The van der Waals surface area contributed by atoms with Gasteiger partial charge in [-0.15, -0.1) is 0 Å². The van der Waals surface area contributed by atoms with Gasteiger partial charge in [-0.3, -0.25) is 32.5 Å². The Morgan fingerprint density at radius 1 is 0.289 bits per heavy atom. The molecule has 0 saturated carbocycles. The molecule has 0 bridgehead atoms. The number of aliphatic hydroxyl groups is 2. The first-order valence-electron chi connectivity index (χ1n) is 35.4. The Labute approximate surface area is 584 Å². The van der Waals surface area contributed by atoms with Gasteiger partial charge in [-0.05, 0) is 148 Å². The molecule has 0 rings (SSSR count). The second-order valence-corrected chi connectivity index (χ2v) is 25.4. The molecule has 0 radical (unpaired) electrons. The summed E-state index contributed by atoms with van der Waals surface area (Å²) in [5.74, 6) is -1.78. The van der Waals surface area contributed by atoms with Gasteiger partial charge in [0.2, 0.25) is 0 Å². The van der Waals surface area contributed by atoms with Crippen LogP contribution in [0.3, 0.4) is 0 Å². The van der Waals surface area contributed by atoms with Gasteiger partial charge < -0.3 is 34.2 Å². The number of aliphatic hydroxyl groups excluding tert-OH is 2. The van der Waals surface area contributed by atoms with Crippen molar-refractivity contribution in [3.8, 4) is 0 Å². The average Bonchev–Trinajstić information content (AvgIpc) is 2.50. The molecule has 0 saturated heterocycles. The maximum Gasteiger partial charge on any atom is 0.472 e. The number of carbonyl (C=O) groups is 3. The van der Waals surface area contributed by atoms with Gasteiger partial charge in [-0.25, -0.2) is 9.13 Å². The number of hydrogen-bond acceptors (Lipinski definition) is 14. The van der Waals surface area contributed by atoms with Crippen molar-refractivity contribution in [1.82, 2.24) is 0 Å². The van der Waals surface area contributed by atoms with E-state index in [2.05, 4.69) is 197 Å². The molecule has 0 heterocycles. The highest BCUT2D eigenvalue weighted by atomic mass is 31.2. The first kappa shape index (κ1) is 91.1. The summed E-state index contributed by atoms with van der Waals surface area (Å²) < 4.78 is 60.8. The number of phosphoric acid groups is 2. The molecule has 0 aliphatic carbocycles. The summed E-state index contributed by atoms with van der Waals surface area (Å²) in [7, 11) is -9.85. The van der Waals surface area contributed by atoms with Gasteiger partial charge in [-0.1, -0.05) is 253 Å². The Morgan fingerprint density at radius 2 is 0.546 bits per heavy atom. The molecule has 0 aromatic carbocycles. The van der Waals surface area contributed by atoms with Crippen molar-refractivity contribution in [2.24, 2.45) is 0 Å². The van der Waals surface area contributed by atoms with Crippen molar-refractivity contribution >= 4 is 33.6 Å². The lowest BCUT2D eigenvalue weighted by atomic mass is 10.1. The van der Waals surface area contributed by atoms with Crippen LogP contribution in [0.1, 0.15) is 213 Å². The van der Waals surface area contributed by atoms with Gasteiger partial charge >= 0.3 is 33.6 Å². The second kappa shape index (κ2) is 70.0. The number of esters is 3. The van der Waals surface area contributed by atoms with Gasteiger partial charge in [0, 0.05) is 19.3 Å². The molecule has 0 fully saturated rings. The number of unbranched alkanes of at least 4 members (excludes halogenated alkanes) is 7. The first-order valence-corrected chi connectivity index (χ1v) is 38.4. The fourth-order valence-corrected chi connectivity index (χ4v) is 9.81. The molecule has 5 atom stereocenters. The fraction of sp³-hybridized carbons (Fsp3) is 0.532. The molecule has 0 amide bonds. The van der Waals surface area contributed by atoms with E-state index in [1.807, 2.05) is 30.4 Å². The number of rotatable bonds is 64. The van der Waals surface area contributed by atoms with Gasteiger partial charge in [0.25, 0.3) is 0 Å². The van der Waals surface area contributed by atoms with E-state index in [1.165, 1.54) is 0 Å². The van der Waals surface area contributed by atoms with Crippen LogP contribution in [0.4, 0.5) is 0 Å². The van der Waals surface area contributed by atoms with Crippen LogP contribution < -0.4 is 0 Å². The fourth-order valence-electron chi connectivity index (χ4n) is 8.22. The quantitative estimate of drug-likeness (QED) is 0.0146. The van der Waals surface area contributed by atoms with E-state index >= 15 is 0 Å². The molecular formula is C79H122O16P2. The maximum absolute atomic E-state index is 12.9. The normalized spacial score (nSPS) is 15.3. The molecule has 0 aliphatic rings. The van der Waals surface area contributed by atoms with Crippen molar-refractivity contribution in [1.29, 1.82) is 0 Å². The van der Waals surface area contributed by atoms with Crippen LogP contribution in [-0.2, 0) is 55.8 Å². The summed E-state index contributed by atoms with van der Waals surface area (Å²) in [4.78, 5) is 58.4. The van der Waals surface area contributed by atoms with Gasteiger partial charge in [0.15, 0.2) is 6.10 Å². The number of hydrogen-bond donors (Lipinski definition) is 4. The Bertz CT molecular complexity index is 2590. The van der Waals surface area contributed by atoms with E-state index in [-0.39, 0.29) is 19.3 Å². The minimum atomic E-state index is -4.97. The third-order valence-corrected chi connectivity index (χ3v) is 15.4. The Hall–Kier alpha value is -5.87. The lowest BCUT2D eigenvalue weighted by molar-refractivity contribution is -0.161. The number of allylic oxidation sites excluding steroid dienone is 34. The van der Waals surface area contributed by atoms with E-state index in [0.29, 0.717) is 32.1 Å². The highest BCUT2D eigenvalue weighted by Gasteiger charge is 2.29. The molecule has 5 unspecified atom stereocenters. The van der Waals surface area contributed by atoms with Crippen LogP contribution in [0.2, 0.25) is 0 Å². The van der Waals surface area contributed by atoms with Crippen LogP contribution in [0.15, 0.2) is 207 Å². The Balaban J connectivity index is 4.79. The molecule has 0 aliphatic heterocycles. The largest absolute Gasteiger partial charge is 0.472 e. The second-order valence-electron chi connectivity index (χ2n) is 22.5. The van der Waals surface area contributed by atoms with Crippen molar-refractivity contribution in [3.63, 3.8) is 0 Å². The van der Waals surface area contributed by atoms with Crippen molar-refractivity contribution in [2.75, 3.05) is 39.6 Å². The highest BCUT2D eigenvalue weighted by Crippen LogP contribution is 2.45. The SMILES string of the molecule is CC/C=C\C/C=C\C/C=C\C/C=C\C/C=C\C/C=C\CCCCCCCCC(=O)OCC(O)COP(=O)(O)OCC(O)COP(=O)(O)OCC(COC(=O)CC/C=C\C/C=C\C/C=C\C/C=C\C/C=C\C/C=C\CC)OC(=O)CCC/C=C\C/C=C\C/C=C\C/C=C\C/C=C\CC. The molecule has 0 aromatic heterocycles. The lowest BCUT2D eigenvalue weighted by Crippen LogP contribution is -2.30. The highest BCUT2D eigenvalue weighted by molar-refractivity contribution is 7.47. The predicted octanol–water partition coefficient (Wildman–Crippen LogP) is 20.2. The van der Waals surface area contributed by atoms with Crippen molar-refractivity contribution < 1.29 is 75.8 Å². The maximum atomic E-state index is 12.9. The van der Waals surface area contributed by atoms with E-state index < -0.39 is 91.5 Å². The summed E-state index contributed by atoms with van der Waals surface area (Å²) in [6.07, 6.45) is 91.9. The molecule has 0 spiro atoms. The van der Waals surface area contributed by atoms with Gasteiger partial charge in [0.1, 0.15) is 25.4 Å². The summed E-state index contributed by atoms with van der Waals surface area (Å²) in [5.41, 5.74) is 0. The third kappa shape index (κ3) is 71.2. The third-order valence-electron chi connectivity index (χ3n) is 13.5. The van der Waals surface area contributed by atoms with Crippen LogP contribution >= 0.6 is 15.6 Å². The van der Waals surface area contributed by atoms with E-state index in [1.54, 1.807) is 0 Å². The van der Waals surface area contributed by atoms with E-state index in [4.69, 9.17) is 32.3 Å². The zero-order valence-corrected chi connectivity index (χ0v) is 60.7. The minimum Gasteiger partial charge on any atom is -0.463 e. The molecule has 18 heteroatoms. The smallest absolute Gasteiger partial charge is 0.463 e. The Kier molecular flexibility index (Phi) is 65.8. The Morgan fingerprint density at radius 3 is 0.907 bits per heavy atom. The van der Waals surface area contributed by atoms with E-state index in [9.17, 15) is 43.5 Å². The molecule has 16 nitrogen and oxygen atoms in total. The molecular weight excluding hydrogens is 1270 g/mol. The molecule has 97 heavy (non-hydrogen) atoms. The van der Waals surface area contributed by atoms with Gasteiger partial charge in [-0.2, -0.15) is 0 Å². The first-order chi connectivity index (χ1) is 47.2. The number of phosphoric ester groups is 2. The zero-order chi connectivity index (χ0) is 70.9. The lowest BCUT2D eigenvalue weighted by Gasteiger charge is -2.21. The summed E-state index contributed by atoms with van der Waals surface area (Å²) >= 11 is 0. The standard InChI is InChI=1S/C79H122O16P2/c1-4-7-10-13-16-19-22-25-28-31-33-34-35-36-37-38-40-43-44-47-50-53-56-59-62-65-77(82)89-68-74(80)69-91-96(85,86)92-70-75(81)71-93-97(87,88)94-73-76(95-79(84)67-64-61-58-55-52-49-46-41-30-27-24-21-18-15-12-9-6-3)72-90-78(83)66-63-60-57-54-51-48-45-42-39-32-29-26-23-20-17-14-11-8-5-2/h7-12,16-21,25-30,33-34,36-37,39-40,42-43,46,48-49,51,55,57-58,60,74-76,80-81H,4-6,13-15,22-24,31-32,35,38,41,44-45,47,50,52-54,56,59,61-73H2,1-3H3,(H,85,86)(H,87,88)/b10-7-,11-8-,12-9-,19-16-,20-17-,21-18-,28-25-,29-26-,30-27-,34-33-,37-36-,42-39-,43-40-,49-46-,51-48-,58-55-,60-57-. The number of ether oxygens (including phenoxy) is 3. The summed E-state index contributed by atoms with van der Waals surface area (Å²) in [5, 5.41) is 20.6. The summed E-state index contributed by atoms with van der Waals surface area (Å²) in [6.45, 7) is 2.10. The van der Waals surface area contributed by atoms with Crippen LogP contribution in [-0.4, -0.2) is 95.9 Å². The zero-order valence-electron chi connectivity index (χ0n) is 58.9. The predicted molar refractivity (Wildman–Crippen MR) is 398 cm³/mol. The van der Waals surface area contributed by atoms with Gasteiger partial charge in [0.05, 0.1) is 26.4 Å². The van der Waals surface area contributed by atoms with E-state index in [0.717, 1.165) is 141 Å². The molecule has 0 aromatic rings. The topological polar surface area (TPSA) is 231 Å². The molecule has 544 valence electrons.